The molecule has 2 fully saturated rings. The molecule has 0 aliphatic carbocycles. The SMILES string of the molecule is Cc1ccc(F)cc1CC1(CN)CC2CCC1O2. The van der Waals surface area contributed by atoms with Crippen LogP contribution in [0.4, 0.5) is 4.39 Å². The zero-order chi connectivity index (χ0) is 12.8. The number of ether oxygens (including phenoxy) is 1. The molecule has 0 spiro atoms. The second kappa shape index (κ2) is 4.32. The van der Waals surface area contributed by atoms with E-state index in [9.17, 15) is 4.39 Å². The molecule has 1 aromatic rings. The molecule has 2 N–H and O–H groups in total. The van der Waals surface area contributed by atoms with Gasteiger partial charge < -0.3 is 10.5 Å². The minimum Gasteiger partial charge on any atom is -0.374 e. The molecule has 3 heteroatoms. The molecule has 0 aromatic heterocycles. The summed E-state index contributed by atoms with van der Waals surface area (Å²) in [4.78, 5) is 0. The van der Waals surface area contributed by atoms with Crippen LogP contribution in [0, 0.1) is 18.2 Å². The highest BCUT2D eigenvalue weighted by Gasteiger charge is 2.51. The average Bonchev–Trinajstić information content (AvgIpc) is 2.94. The predicted octanol–water partition coefficient (Wildman–Crippen LogP) is 2.57. The molecule has 2 aliphatic rings. The lowest BCUT2D eigenvalue weighted by Crippen LogP contribution is -2.41. The summed E-state index contributed by atoms with van der Waals surface area (Å²) in [7, 11) is 0. The number of nitrogens with two attached hydrogens (primary N) is 1. The van der Waals surface area contributed by atoms with Crippen molar-refractivity contribution in [2.45, 2.75) is 44.8 Å². The van der Waals surface area contributed by atoms with Gasteiger partial charge in [-0.25, -0.2) is 4.39 Å². The largest absolute Gasteiger partial charge is 0.374 e. The Kier molecular flexibility index (Phi) is 2.91. The molecular weight excluding hydrogens is 229 g/mol. The molecule has 98 valence electrons. The molecule has 2 saturated heterocycles. The highest BCUT2D eigenvalue weighted by molar-refractivity contribution is 5.28. The number of fused-ring (bicyclic) bond motifs is 2. The zero-order valence-corrected chi connectivity index (χ0v) is 10.8. The normalized spacial score (nSPS) is 34.2. The van der Waals surface area contributed by atoms with Crippen LogP contribution in [-0.2, 0) is 11.2 Å². The van der Waals surface area contributed by atoms with Crippen LogP contribution in [0.2, 0.25) is 0 Å². The molecule has 2 bridgehead atoms. The standard InChI is InChI=1S/C15H20FNO/c1-10-2-3-12(16)6-11(10)7-15(9-17)8-13-4-5-14(15)18-13/h2-3,6,13-14H,4-5,7-9,17H2,1H3. The lowest BCUT2D eigenvalue weighted by atomic mass is 9.70. The molecule has 0 radical (unpaired) electrons. The second-order valence-electron chi connectivity index (χ2n) is 5.84. The van der Waals surface area contributed by atoms with Crippen LogP contribution in [0.15, 0.2) is 18.2 Å². The van der Waals surface area contributed by atoms with Crippen LogP contribution in [-0.4, -0.2) is 18.8 Å². The summed E-state index contributed by atoms with van der Waals surface area (Å²) in [5.74, 6) is -0.160. The van der Waals surface area contributed by atoms with Crippen molar-refractivity contribution in [2.24, 2.45) is 11.1 Å². The third kappa shape index (κ3) is 1.86. The Morgan fingerprint density at radius 1 is 1.44 bits per heavy atom. The van der Waals surface area contributed by atoms with Crippen LogP contribution in [0.3, 0.4) is 0 Å². The quantitative estimate of drug-likeness (QED) is 0.893. The van der Waals surface area contributed by atoms with E-state index >= 15 is 0 Å². The smallest absolute Gasteiger partial charge is 0.123 e. The minimum atomic E-state index is -0.160. The molecule has 3 atom stereocenters. The van der Waals surface area contributed by atoms with Crippen molar-refractivity contribution >= 4 is 0 Å². The fourth-order valence-electron chi connectivity index (χ4n) is 3.57. The van der Waals surface area contributed by atoms with E-state index < -0.39 is 0 Å². The Morgan fingerprint density at radius 3 is 2.89 bits per heavy atom. The molecular formula is C15H20FNO. The van der Waals surface area contributed by atoms with Crippen molar-refractivity contribution in [1.29, 1.82) is 0 Å². The Morgan fingerprint density at radius 2 is 2.28 bits per heavy atom. The van der Waals surface area contributed by atoms with Crippen LogP contribution in [0.25, 0.3) is 0 Å². The van der Waals surface area contributed by atoms with E-state index in [4.69, 9.17) is 10.5 Å². The van der Waals surface area contributed by atoms with Gasteiger partial charge in [-0.05, 0) is 55.9 Å². The third-order valence-electron chi connectivity index (χ3n) is 4.68. The Balaban J connectivity index is 1.88. The van der Waals surface area contributed by atoms with Gasteiger partial charge in [-0.2, -0.15) is 0 Å². The minimum absolute atomic E-state index is 0.0292. The van der Waals surface area contributed by atoms with E-state index in [0.717, 1.165) is 36.8 Å². The van der Waals surface area contributed by atoms with Gasteiger partial charge in [-0.15, -0.1) is 0 Å². The first-order valence-corrected chi connectivity index (χ1v) is 6.73. The molecule has 3 rings (SSSR count). The van der Waals surface area contributed by atoms with Gasteiger partial charge in [0.15, 0.2) is 0 Å². The van der Waals surface area contributed by atoms with Crippen molar-refractivity contribution in [3.05, 3.63) is 35.1 Å². The van der Waals surface area contributed by atoms with Crippen LogP contribution in [0.5, 0.6) is 0 Å². The number of rotatable bonds is 3. The van der Waals surface area contributed by atoms with E-state index in [1.54, 1.807) is 6.07 Å². The van der Waals surface area contributed by atoms with Gasteiger partial charge in [0.2, 0.25) is 0 Å². The first-order chi connectivity index (χ1) is 8.63. The molecule has 18 heavy (non-hydrogen) atoms. The van der Waals surface area contributed by atoms with Crippen molar-refractivity contribution in [3.63, 3.8) is 0 Å². The van der Waals surface area contributed by atoms with Gasteiger partial charge in [-0.1, -0.05) is 6.07 Å². The van der Waals surface area contributed by atoms with Crippen molar-refractivity contribution in [1.82, 2.24) is 0 Å². The van der Waals surface area contributed by atoms with E-state index in [1.165, 1.54) is 6.07 Å². The summed E-state index contributed by atoms with van der Waals surface area (Å²) in [6.07, 6.45) is 4.80. The van der Waals surface area contributed by atoms with Gasteiger partial charge in [0, 0.05) is 12.0 Å². The molecule has 2 heterocycles. The fourth-order valence-corrected chi connectivity index (χ4v) is 3.57. The van der Waals surface area contributed by atoms with E-state index in [1.807, 2.05) is 13.0 Å². The van der Waals surface area contributed by atoms with E-state index in [2.05, 4.69) is 0 Å². The summed E-state index contributed by atoms with van der Waals surface area (Å²) in [6, 6.07) is 5.02. The van der Waals surface area contributed by atoms with Crippen molar-refractivity contribution in [2.75, 3.05) is 6.54 Å². The van der Waals surface area contributed by atoms with Gasteiger partial charge in [0.05, 0.1) is 12.2 Å². The summed E-state index contributed by atoms with van der Waals surface area (Å²) < 4.78 is 19.3. The number of aryl methyl sites for hydroxylation is 1. The summed E-state index contributed by atoms with van der Waals surface area (Å²) in [5, 5.41) is 0. The van der Waals surface area contributed by atoms with E-state index in [-0.39, 0.29) is 17.3 Å². The van der Waals surface area contributed by atoms with E-state index in [0.29, 0.717) is 12.6 Å². The highest BCUT2D eigenvalue weighted by Crippen LogP contribution is 2.49. The summed E-state index contributed by atoms with van der Waals surface area (Å²) in [5.41, 5.74) is 8.27. The number of halogens is 1. The topological polar surface area (TPSA) is 35.2 Å². The van der Waals surface area contributed by atoms with Gasteiger partial charge in [-0.3, -0.25) is 0 Å². The summed E-state index contributed by atoms with van der Waals surface area (Å²) in [6.45, 7) is 2.66. The van der Waals surface area contributed by atoms with Crippen molar-refractivity contribution in [3.8, 4) is 0 Å². The highest BCUT2D eigenvalue weighted by atomic mass is 19.1. The van der Waals surface area contributed by atoms with Crippen LogP contribution >= 0.6 is 0 Å². The number of hydrogen-bond acceptors (Lipinski definition) is 2. The third-order valence-corrected chi connectivity index (χ3v) is 4.68. The number of benzene rings is 1. The molecule has 1 aromatic carbocycles. The second-order valence-corrected chi connectivity index (χ2v) is 5.84. The zero-order valence-electron chi connectivity index (χ0n) is 10.8. The van der Waals surface area contributed by atoms with Gasteiger partial charge in [0.25, 0.3) is 0 Å². The van der Waals surface area contributed by atoms with Gasteiger partial charge in [0.1, 0.15) is 5.82 Å². The maximum Gasteiger partial charge on any atom is 0.123 e. The molecule has 2 aliphatic heterocycles. The molecule has 2 nitrogen and oxygen atoms in total. The van der Waals surface area contributed by atoms with Gasteiger partial charge >= 0.3 is 0 Å². The van der Waals surface area contributed by atoms with Crippen LogP contribution < -0.4 is 5.73 Å². The average molecular weight is 249 g/mol. The fraction of sp³-hybridized carbons (Fsp3) is 0.600. The Labute approximate surface area is 107 Å². The summed E-state index contributed by atoms with van der Waals surface area (Å²) >= 11 is 0. The monoisotopic (exact) mass is 249 g/mol. The van der Waals surface area contributed by atoms with Crippen LogP contribution in [0.1, 0.15) is 30.4 Å². The Hall–Kier alpha value is -0.930. The first-order valence-electron chi connectivity index (χ1n) is 6.73. The predicted molar refractivity (Wildman–Crippen MR) is 68.8 cm³/mol. The molecule has 0 amide bonds. The maximum atomic E-state index is 13.4. The lowest BCUT2D eigenvalue weighted by Gasteiger charge is -2.34. The Bertz CT molecular complexity index is 462. The lowest BCUT2D eigenvalue weighted by molar-refractivity contribution is 0.0635. The molecule has 0 saturated carbocycles. The molecule has 3 unspecified atom stereocenters. The maximum absolute atomic E-state index is 13.4. The van der Waals surface area contributed by atoms with Crippen molar-refractivity contribution < 1.29 is 9.13 Å². The number of hydrogen-bond donors (Lipinski definition) is 1. The first kappa shape index (κ1) is 12.1.